The topological polar surface area (TPSA) is 106 Å². The number of hydrogen-bond acceptors (Lipinski definition) is 6. The molecule has 10 heteroatoms. The van der Waals surface area contributed by atoms with Crippen LogP contribution in [-0.2, 0) is 29.9 Å². The molecule has 0 atom stereocenters. The highest BCUT2D eigenvalue weighted by molar-refractivity contribution is 8.04. The molecule has 0 radical (unpaired) electrons. The Bertz CT molecular complexity index is 1080. The first-order valence-corrected chi connectivity index (χ1v) is 12.1. The van der Waals surface area contributed by atoms with Crippen molar-refractivity contribution in [2.24, 2.45) is 0 Å². The third-order valence-electron chi connectivity index (χ3n) is 3.69. The van der Waals surface area contributed by atoms with E-state index >= 15 is 0 Å². The van der Waals surface area contributed by atoms with Gasteiger partial charge in [0.15, 0.2) is 9.84 Å². The van der Waals surface area contributed by atoms with Gasteiger partial charge in [-0.3, -0.25) is 0 Å². The van der Waals surface area contributed by atoms with Crippen LogP contribution < -0.4 is 0 Å². The molecule has 0 aliphatic carbocycles. The van der Waals surface area contributed by atoms with Crippen LogP contribution in [0.1, 0.15) is 0 Å². The number of benzene rings is 2. The van der Waals surface area contributed by atoms with Crippen LogP contribution in [0.5, 0.6) is 0 Å². The van der Waals surface area contributed by atoms with Gasteiger partial charge in [0, 0.05) is 0 Å². The van der Waals surface area contributed by atoms with E-state index < -0.39 is 41.4 Å². The molecule has 3 rings (SSSR count). The zero-order valence-corrected chi connectivity index (χ0v) is 15.8. The second-order valence-corrected chi connectivity index (χ2v) is 11.5. The summed E-state index contributed by atoms with van der Waals surface area (Å²) in [6, 6.07) is 14.0. The monoisotopic (exact) mass is 413 g/mol. The zero-order valence-electron chi connectivity index (χ0n) is 13.4. The minimum absolute atomic E-state index is 0.231. The van der Waals surface area contributed by atoms with Crippen molar-refractivity contribution in [2.75, 3.05) is 11.5 Å². The predicted octanol–water partition coefficient (Wildman–Crippen LogP) is 1.38. The molecule has 2 aromatic carbocycles. The molecule has 1 aliphatic rings. The molecule has 0 spiro atoms. The third kappa shape index (κ3) is 3.39. The van der Waals surface area contributed by atoms with Crippen molar-refractivity contribution in [3.8, 4) is 0 Å². The van der Waals surface area contributed by atoms with Crippen LogP contribution in [0.3, 0.4) is 0 Å². The fourth-order valence-electron chi connectivity index (χ4n) is 2.51. The van der Waals surface area contributed by atoms with Gasteiger partial charge in [0.05, 0.1) is 27.0 Å². The molecule has 0 unspecified atom stereocenters. The van der Waals surface area contributed by atoms with E-state index in [1.807, 2.05) is 0 Å². The number of sulfone groups is 1. The van der Waals surface area contributed by atoms with Crippen molar-refractivity contribution in [3.05, 3.63) is 72.4 Å². The minimum Gasteiger partial charge on any atom is -0.228 e. The highest BCUT2D eigenvalue weighted by Gasteiger charge is 2.41. The average Bonchev–Trinajstić information content (AvgIpc) is 2.95. The van der Waals surface area contributed by atoms with E-state index in [1.54, 1.807) is 12.1 Å². The minimum atomic E-state index is -4.53. The molecule has 0 saturated carbocycles. The van der Waals surface area contributed by atoms with Crippen molar-refractivity contribution in [3.63, 3.8) is 0 Å². The van der Waals surface area contributed by atoms with E-state index in [1.165, 1.54) is 48.5 Å². The second-order valence-electron chi connectivity index (χ2n) is 5.58. The van der Waals surface area contributed by atoms with E-state index in [4.69, 9.17) is 0 Å². The van der Waals surface area contributed by atoms with Gasteiger partial charge in [0.2, 0.25) is 0 Å². The van der Waals surface area contributed by atoms with E-state index in [0.717, 1.165) is 6.08 Å². The Morgan fingerprint density at radius 2 is 1.15 bits per heavy atom. The van der Waals surface area contributed by atoms with E-state index in [2.05, 4.69) is 0 Å². The summed E-state index contributed by atoms with van der Waals surface area (Å²) in [6.45, 7) is 0. The SMILES string of the molecule is O=S1(=O)CC=C(N(S(=O)(=O)c2ccccc2)S(=O)(=O)c2ccccc2)C1. The van der Waals surface area contributed by atoms with Crippen LogP contribution in [0, 0.1) is 0 Å². The summed E-state index contributed by atoms with van der Waals surface area (Å²) in [4.78, 5) is -0.491. The standard InChI is InChI=1S/C16H15NO6S3/c18-24(19)12-11-14(13-24)17(25(20,21)15-7-3-1-4-8-15)26(22,23)16-9-5-2-6-10-16/h1-11H,12-13H2. The Kier molecular flexibility index (Phi) is 4.67. The molecule has 1 heterocycles. The molecule has 26 heavy (non-hydrogen) atoms. The Morgan fingerprint density at radius 1 is 0.731 bits per heavy atom. The zero-order chi connectivity index (χ0) is 19.0. The molecule has 0 saturated heterocycles. The molecular weight excluding hydrogens is 398 g/mol. The van der Waals surface area contributed by atoms with Crippen LogP contribution >= 0.6 is 0 Å². The van der Waals surface area contributed by atoms with Gasteiger partial charge in [0.1, 0.15) is 0 Å². The maximum absolute atomic E-state index is 13.1. The number of nitrogens with zero attached hydrogens (tertiary/aromatic N) is 1. The molecule has 1 aliphatic heterocycles. The summed E-state index contributed by atoms with van der Waals surface area (Å²) < 4.78 is 76.1. The summed E-state index contributed by atoms with van der Waals surface area (Å²) in [5.74, 6) is -1.07. The first-order chi connectivity index (χ1) is 12.1. The van der Waals surface area contributed by atoms with Crippen LogP contribution in [0.4, 0.5) is 0 Å². The smallest absolute Gasteiger partial charge is 0.228 e. The van der Waals surface area contributed by atoms with Gasteiger partial charge >= 0.3 is 0 Å². The second kappa shape index (κ2) is 6.53. The van der Waals surface area contributed by atoms with Gasteiger partial charge in [-0.2, -0.15) is 3.71 Å². The number of rotatable bonds is 5. The number of sulfonamides is 2. The summed E-state index contributed by atoms with van der Waals surface area (Å²) in [7, 11) is -12.6. The maximum atomic E-state index is 13.1. The van der Waals surface area contributed by atoms with Gasteiger partial charge in [-0.1, -0.05) is 36.4 Å². The van der Waals surface area contributed by atoms with Crippen molar-refractivity contribution in [2.45, 2.75) is 9.79 Å². The molecule has 0 fully saturated rings. The number of hydrogen-bond donors (Lipinski definition) is 0. The summed E-state index contributed by atoms with van der Waals surface area (Å²) in [5.41, 5.74) is -0.294. The average molecular weight is 413 g/mol. The van der Waals surface area contributed by atoms with Crippen LogP contribution in [0.2, 0.25) is 0 Å². The predicted molar refractivity (Wildman–Crippen MR) is 95.8 cm³/mol. The first kappa shape index (κ1) is 18.6. The van der Waals surface area contributed by atoms with Crippen molar-refractivity contribution in [1.82, 2.24) is 3.71 Å². The highest BCUT2D eigenvalue weighted by atomic mass is 32.3. The van der Waals surface area contributed by atoms with Crippen molar-refractivity contribution >= 4 is 29.9 Å². The first-order valence-electron chi connectivity index (χ1n) is 7.45. The van der Waals surface area contributed by atoms with E-state index in [0.29, 0.717) is 0 Å². The lowest BCUT2D eigenvalue weighted by Gasteiger charge is -2.24. The summed E-state index contributed by atoms with van der Waals surface area (Å²) >= 11 is 0. The molecule has 0 amide bonds. The molecule has 0 N–H and O–H groups in total. The van der Waals surface area contributed by atoms with Gasteiger partial charge in [-0.25, -0.2) is 25.3 Å². The molecule has 0 bridgehead atoms. The quantitative estimate of drug-likeness (QED) is 0.733. The molecule has 0 aromatic heterocycles. The van der Waals surface area contributed by atoms with Gasteiger partial charge < -0.3 is 0 Å². The van der Waals surface area contributed by atoms with Crippen LogP contribution in [0.25, 0.3) is 0 Å². The Labute approximate surface area is 152 Å². The van der Waals surface area contributed by atoms with Crippen molar-refractivity contribution in [1.29, 1.82) is 0 Å². The largest absolute Gasteiger partial charge is 0.277 e. The third-order valence-corrected chi connectivity index (χ3v) is 9.36. The Morgan fingerprint density at radius 3 is 1.50 bits per heavy atom. The van der Waals surface area contributed by atoms with Gasteiger partial charge in [0.25, 0.3) is 20.0 Å². The van der Waals surface area contributed by atoms with Gasteiger partial charge in [-0.05, 0) is 30.3 Å². The molecule has 2 aromatic rings. The molecule has 138 valence electrons. The lowest BCUT2D eigenvalue weighted by atomic mass is 10.4. The summed E-state index contributed by atoms with van der Waals surface area (Å²) in [6.07, 6.45) is 1.12. The Balaban J connectivity index is 2.22. The van der Waals surface area contributed by atoms with Crippen LogP contribution in [0.15, 0.2) is 82.2 Å². The van der Waals surface area contributed by atoms with E-state index in [9.17, 15) is 25.3 Å². The fraction of sp³-hybridized carbons (Fsp3) is 0.125. The fourth-order valence-corrected chi connectivity index (χ4v) is 7.76. The lowest BCUT2D eigenvalue weighted by Crippen LogP contribution is -2.37. The normalized spacial score (nSPS) is 16.8. The van der Waals surface area contributed by atoms with Crippen molar-refractivity contribution < 1.29 is 25.3 Å². The van der Waals surface area contributed by atoms with E-state index in [-0.39, 0.29) is 19.2 Å². The highest BCUT2D eigenvalue weighted by Crippen LogP contribution is 2.31. The Hall–Kier alpha value is -2.17. The maximum Gasteiger partial charge on any atom is 0.277 e. The molecular formula is C16H15NO6S3. The lowest BCUT2D eigenvalue weighted by molar-refractivity contribution is 0.528. The molecule has 7 nitrogen and oxygen atoms in total. The van der Waals surface area contributed by atoms with Crippen LogP contribution in [-0.4, -0.2) is 40.5 Å². The summed E-state index contributed by atoms with van der Waals surface area (Å²) in [5, 5.41) is 0. The van der Waals surface area contributed by atoms with Gasteiger partial charge in [-0.15, -0.1) is 0 Å².